The Labute approximate surface area is 179 Å². The normalized spacial score (nSPS) is 15.4. The standard InChI is InChI=1S/C25H18ClNO3/c1-2-23(18-8-4-3-5-9-18)29-19-14-12-17(13-15-19)16-22-25(28)30-24(27-22)20-10-6-7-11-21(20)26/h2-16,23H,1H2/b22-16-. The van der Waals surface area contributed by atoms with E-state index in [-0.39, 0.29) is 17.7 Å². The molecule has 148 valence electrons. The van der Waals surface area contributed by atoms with E-state index in [9.17, 15) is 4.79 Å². The summed E-state index contributed by atoms with van der Waals surface area (Å²) in [5, 5.41) is 0.474. The largest absolute Gasteiger partial charge is 0.482 e. The van der Waals surface area contributed by atoms with Gasteiger partial charge >= 0.3 is 5.97 Å². The summed E-state index contributed by atoms with van der Waals surface area (Å²) < 4.78 is 11.3. The predicted molar refractivity (Wildman–Crippen MR) is 119 cm³/mol. The molecule has 1 unspecified atom stereocenters. The summed E-state index contributed by atoms with van der Waals surface area (Å²) in [6.45, 7) is 3.86. The first kappa shape index (κ1) is 19.7. The van der Waals surface area contributed by atoms with Crippen LogP contribution in [0.1, 0.15) is 22.8 Å². The minimum absolute atomic E-state index is 0.202. The van der Waals surface area contributed by atoms with Crippen LogP contribution in [0, 0.1) is 0 Å². The molecule has 4 rings (SSSR count). The van der Waals surface area contributed by atoms with Gasteiger partial charge in [0.2, 0.25) is 5.90 Å². The summed E-state index contributed by atoms with van der Waals surface area (Å²) in [6, 6.07) is 24.3. The number of hydrogen-bond acceptors (Lipinski definition) is 4. The van der Waals surface area contributed by atoms with E-state index in [2.05, 4.69) is 11.6 Å². The summed E-state index contributed by atoms with van der Waals surface area (Å²) in [6.07, 6.45) is 3.17. The lowest BCUT2D eigenvalue weighted by molar-refractivity contribution is -0.129. The number of hydrogen-bond donors (Lipinski definition) is 0. The Morgan fingerprint density at radius 2 is 1.67 bits per heavy atom. The van der Waals surface area contributed by atoms with Gasteiger partial charge in [0, 0.05) is 0 Å². The summed E-state index contributed by atoms with van der Waals surface area (Å²) in [7, 11) is 0. The molecule has 0 N–H and O–H groups in total. The SMILES string of the molecule is C=CC(Oc1ccc(/C=C2\N=C(c3ccccc3Cl)OC2=O)cc1)c1ccccc1. The number of benzene rings is 3. The Hall–Kier alpha value is -3.63. The lowest BCUT2D eigenvalue weighted by Gasteiger charge is -2.16. The highest BCUT2D eigenvalue weighted by molar-refractivity contribution is 6.34. The van der Waals surface area contributed by atoms with Crippen LogP contribution in [-0.2, 0) is 9.53 Å². The van der Waals surface area contributed by atoms with Crippen LogP contribution >= 0.6 is 11.6 Å². The Balaban J connectivity index is 1.51. The quantitative estimate of drug-likeness (QED) is 0.282. The lowest BCUT2D eigenvalue weighted by Crippen LogP contribution is -2.05. The topological polar surface area (TPSA) is 47.9 Å². The third-order valence-corrected chi connectivity index (χ3v) is 4.84. The van der Waals surface area contributed by atoms with Crippen molar-refractivity contribution in [1.29, 1.82) is 0 Å². The molecule has 0 amide bonds. The maximum absolute atomic E-state index is 12.2. The smallest absolute Gasteiger partial charge is 0.363 e. The number of halogens is 1. The monoisotopic (exact) mass is 415 g/mol. The zero-order valence-electron chi connectivity index (χ0n) is 16.0. The van der Waals surface area contributed by atoms with E-state index >= 15 is 0 Å². The molecule has 0 aliphatic carbocycles. The Morgan fingerprint density at radius 3 is 2.37 bits per heavy atom. The molecule has 3 aromatic carbocycles. The van der Waals surface area contributed by atoms with E-state index in [1.165, 1.54) is 0 Å². The van der Waals surface area contributed by atoms with E-state index in [0.717, 1.165) is 11.1 Å². The molecular formula is C25H18ClNO3. The molecule has 0 saturated carbocycles. The van der Waals surface area contributed by atoms with Gasteiger partial charge in [-0.05, 0) is 47.5 Å². The molecule has 3 aromatic rings. The number of rotatable bonds is 6. The third-order valence-electron chi connectivity index (χ3n) is 4.51. The minimum Gasteiger partial charge on any atom is -0.482 e. The Kier molecular flexibility index (Phi) is 5.77. The number of nitrogens with zero attached hydrogens (tertiary/aromatic N) is 1. The van der Waals surface area contributed by atoms with Crippen molar-refractivity contribution >= 4 is 29.5 Å². The molecular weight excluding hydrogens is 398 g/mol. The maximum atomic E-state index is 12.2. The summed E-state index contributed by atoms with van der Waals surface area (Å²) >= 11 is 6.16. The second-order valence-corrected chi connectivity index (χ2v) is 6.98. The van der Waals surface area contributed by atoms with Crippen LogP contribution < -0.4 is 4.74 Å². The molecule has 4 nitrogen and oxygen atoms in total. The van der Waals surface area contributed by atoms with Crippen molar-refractivity contribution in [2.45, 2.75) is 6.10 Å². The number of carbonyl (C=O) groups excluding carboxylic acids is 1. The minimum atomic E-state index is -0.513. The van der Waals surface area contributed by atoms with Gasteiger partial charge in [0.25, 0.3) is 0 Å². The highest BCUT2D eigenvalue weighted by atomic mass is 35.5. The van der Waals surface area contributed by atoms with Crippen LogP contribution in [0.2, 0.25) is 5.02 Å². The molecule has 1 atom stereocenters. The van der Waals surface area contributed by atoms with Crippen molar-refractivity contribution in [3.63, 3.8) is 0 Å². The van der Waals surface area contributed by atoms with E-state index < -0.39 is 5.97 Å². The molecule has 0 saturated heterocycles. The molecule has 5 heteroatoms. The molecule has 0 radical (unpaired) electrons. The van der Waals surface area contributed by atoms with Crippen molar-refractivity contribution in [2.24, 2.45) is 4.99 Å². The van der Waals surface area contributed by atoms with Crippen molar-refractivity contribution in [3.05, 3.63) is 119 Å². The molecule has 1 heterocycles. The van der Waals surface area contributed by atoms with Crippen LogP contribution in [0.3, 0.4) is 0 Å². The van der Waals surface area contributed by atoms with E-state index in [4.69, 9.17) is 21.1 Å². The van der Waals surface area contributed by atoms with Gasteiger partial charge < -0.3 is 9.47 Å². The van der Waals surface area contributed by atoms with Crippen molar-refractivity contribution in [3.8, 4) is 5.75 Å². The van der Waals surface area contributed by atoms with Gasteiger partial charge in [-0.2, -0.15) is 0 Å². The van der Waals surface area contributed by atoms with E-state index in [1.807, 2.05) is 60.7 Å². The van der Waals surface area contributed by atoms with Crippen LogP contribution in [0.5, 0.6) is 5.75 Å². The van der Waals surface area contributed by atoms with Crippen LogP contribution in [0.25, 0.3) is 6.08 Å². The van der Waals surface area contributed by atoms with Gasteiger partial charge in [0.1, 0.15) is 11.9 Å². The van der Waals surface area contributed by atoms with Gasteiger partial charge in [-0.1, -0.05) is 72.8 Å². The predicted octanol–water partition coefficient (Wildman–Crippen LogP) is 5.99. The third kappa shape index (κ3) is 4.34. The summed E-state index contributed by atoms with van der Waals surface area (Å²) in [4.78, 5) is 16.5. The molecule has 0 aromatic heterocycles. The summed E-state index contributed by atoms with van der Waals surface area (Å²) in [5.74, 6) is 0.384. The number of cyclic esters (lactones) is 1. The fraction of sp³-hybridized carbons (Fsp3) is 0.0400. The van der Waals surface area contributed by atoms with Crippen molar-refractivity contribution in [1.82, 2.24) is 0 Å². The van der Waals surface area contributed by atoms with E-state index in [0.29, 0.717) is 16.3 Å². The van der Waals surface area contributed by atoms with E-state index in [1.54, 1.807) is 30.4 Å². The summed E-state index contributed by atoms with van der Waals surface area (Å²) in [5.41, 5.74) is 2.62. The van der Waals surface area contributed by atoms with Crippen LogP contribution in [0.15, 0.2) is 102 Å². The van der Waals surface area contributed by atoms with Gasteiger partial charge in [-0.15, -0.1) is 0 Å². The van der Waals surface area contributed by atoms with Crippen LogP contribution in [-0.4, -0.2) is 11.9 Å². The number of carbonyl (C=O) groups is 1. The van der Waals surface area contributed by atoms with Gasteiger partial charge in [-0.25, -0.2) is 9.79 Å². The average Bonchev–Trinajstić information content (AvgIpc) is 3.14. The van der Waals surface area contributed by atoms with Crippen LogP contribution in [0.4, 0.5) is 0 Å². The molecule has 30 heavy (non-hydrogen) atoms. The number of ether oxygens (including phenoxy) is 2. The second kappa shape index (κ2) is 8.80. The molecule has 0 bridgehead atoms. The van der Waals surface area contributed by atoms with Crippen molar-refractivity contribution < 1.29 is 14.3 Å². The number of esters is 1. The fourth-order valence-corrected chi connectivity index (χ4v) is 3.22. The Morgan fingerprint density at radius 1 is 0.967 bits per heavy atom. The first-order chi connectivity index (χ1) is 14.6. The van der Waals surface area contributed by atoms with Gasteiger partial charge in [0.05, 0.1) is 10.6 Å². The highest BCUT2D eigenvalue weighted by Crippen LogP contribution is 2.26. The lowest BCUT2D eigenvalue weighted by atomic mass is 10.1. The maximum Gasteiger partial charge on any atom is 0.363 e. The van der Waals surface area contributed by atoms with Crippen molar-refractivity contribution in [2.75, 3.05) is 0 Å². The highest BCUT2D eigenvalue weighted by Gasteiger charge is 2.25. The second-order valence-electron chi connectivity index (χ2n) is 6.57. The Bertz CT molecular complexity index is 1130. The number of aliphatic imine (C=N–C) groups is 1. The molecule has 1 aliphatic heterocycles. The first-order valence-corrected chi connectivity index (χ1v) is 9.73. The molecule has 1 aliphatic rings. The zero-order chi connectivity index (χ0) is 20.9. The average molecular weight is 416 g/mol. The molecule has 0 spiro atoms. The zero-order valence-corrected chi connectivity index (χ0v) is 16.8. The fourth-order valence-electron chi connectivity index (χ4n) is 3.00. The van der Waals surface area contributed by atoms with Gasteiger partial charge in [0.15, 0.2) is 5.70 Å². The molecule has 0 fully saturated rings. The first-order valence-electron chi connectivity index (χ1n) is 9.36. The van der Waals surface area contributed by atoms with Gasteiger partial charge in [-0.3, -0.25) is 0 Å².